The van der Waals surface area contributed by atoms with Crippen LogP contribution in [0, 0.1) is 6.92 Å². The standard InChI is InChI=1S/C18H20N3/c1-13-10-12-21-11-6-9-16(21)17(13)18-19(2)14-7-4-5-8-15(14)20(18)3/h4-12,14-15H,1-3H3/q+1. The van der Waals surface area contributed by atoms with Gasteiger partial charge in [-0.2, -0.15) is 0 Å². The Hall–Kier alpha value is -2.29. The van der Waals surface area contributed by atoms with Crippen LogP contribution in [0.25, 0.3) is 5.52 Å². The second-order valence-electron chi connectivity index (χ2n) is 5.97. The minimum Gasteiger partial charge on any atom is -0.323 e. The summed E-state index contributed by atoms with van der Waals surface area (Å²) in [5, 5.41) is 0. The second kappa shape index (κ2) is 4.35. The molecule has 4 rings (SSSR count). The molecule has 0 saturated carbocycles. The van der Waals surface area contributed by atoms with E-state index in [1.54, 1.807) is 0 Å². The van der Waals surface area contributed by atoms with Crippen molar-refractivity contribution < 1.29 is 4.58 Å². The maximum atomic E-state index is 2.40. The van der Waals surface area contributed by atoms with E-state index in [0.29, 0.717) is 12.1 Å². The van der Waals surface area contributed by atoms with Gasteiger partial charge in [-0.3, -0.25) is 9.48 Å². The molecular formula is C18H20N3+. The van der Waals surface area contributed by atoms with E-state index in [4.69, 9.17) is 0 Å². The molecule has 2 aromatic heterocycles. The van der Waals surface area contributed by atoms with Crippen LogP contribution in [0.5, 0.6) is 0 Å². The molecule has 0 fully saturated rings. The second-order valence-corrected chi connectivity index (χ2v) is 5.97. The van der Waals surface area contributed by atoms with Crippen LogP contribution in [0.3, 0.4) is 0 Å². The first-order chi connectivity index (χ1) is 10.2. The van der Waals surface area contributed by atoms with Gasteiger partial charge in [-0.05, 0) is 42.8 Å². The van der Waals surface area contributed by atoms with Crippen LogP contribution in [0.15, 0.2) is 54.9 Å². The Morgan fingerprint density at radius 2 is 1.90 bits per heavy atom. The van der Waals surface area contributed by atoms with Gasteiger partial charge >= 0.3 is 0 Å². The highest BCUT2D eigenvalue weighted by molar-refractivity contribution is 6.03. The summed E-state index contributed by atoms with van der Waals surface area (Å²) < 4.78 is 4.60. The Labute approximate surface area is 125 Å². The van der Waals surface area contributed by atoms with Gasteiger partial charge in [-0.1, -0.05) is 12.2 Å². The van der Waals surface area contributed by atoms with Crippen molar-refractivity contribution in [3.05, 3.63) is 66.0 Å². The highest BCUT2D eigenvalue weighted by Crippen LogP contribution is 2.27. The van der Waals surface area contributed by atoms with E-state index >= 15 is 0 Å². The molecule has 21 heavy (non-hydrogen) atoms. The molecule has 3 heteroatoms. The Morgan fingerprint density at radius 1 is 1.10 bits per heavy atom. The Kier molecular flexibility index (Phi) is 2.58. The molecule has 3 heterocycles. The Bertz CT molecular complexity index is 807. The van der Waals surface area contributed by atoms with Crippen LogP contribution in [-0.2, 0) is 0 Å². The quantitative estimate of drug-likeness (QED) is 0.729. The first-order valence-electron chi connectivity index (χ1n) is 7.43. The molecular weight excluding hydrogens is 258 g/mol. The van der Waals surface area contributed by atoms with Gasteiger partial charge in [0.1, 0.15) is 0 Å². The van der Waals surface area contributed by atoms with Gasteiger partial charge in [0.2, 0.25) is 0 Å². The zero-order valence-corrected chi connectivity index (χ0v) is 12.7. The molecule has 0 aromatic carbocycles. The van der Waals surface area contributed by atoms with Crippen molar-refractivity contribution in [3.8, 4) is 0 Å². The third-order valence-corrected chi connectivity index (χ3v) is 4.78. The summed E-state index contributed by atoms with van der Waals surface area (Å²) in [7, 11) is 4.40. The molecule has 3 nitrogen and oxygen atoms in total. The zero-order chi connectivity index (χ0) is 14.6. The molecule has 1 aliphatic carbocycles. The maximum absolute atomic E-state index is 2.40. The summed E-state index contributed by atoms with van der Waals surface area (Å²) in [6.07, 6.45) is 13.1. The van der Waals surface area contributed by atoms with Crippen molar-refractivity contribution in [1.29, 1.82) is 0 Å². The fourth-order valence-corrected chi connectivity index (χ4v) is 3.69. The number of likely N-dealkylation sites (N-methyl/N-ethyl adjacent to an activating group) is 2. The number of hydrogen-bond donors (Lipinski definition) is 0. The van der Waals surface area contributed by atoms with Crippen LogP contribution in [0.1, 0.15) is 11.1 Å². The number of rotatable bonds is 1. The molecule has 2 aliphatic rings. The van der Waals surface area contributed by atoms with E-state index in [-0.39, 0.29) is 0 Å². The highest BCUT2D eigenvalue weighted by atomic mass is 15.3. The third-order valence-electron chi connectivity index (χ3n) is 4.78. The molecule has 2 unspecified atom stereocenters. The molecule has 0 saturated heterocycles. The van der Waals surface area contributed by atoms with Crippen molar-refractivity contribution in [1.82, 2.24) is 9.30 Å². The first kappa shape index (κ1) is 12.5. The predicted octanol–water partition coefficient (Wildman–Crippen LogP) is 2.45. The van der Waals surface area contributed by atoms with E-state index < -0.39 is 0 Å². The Morgan fingerprint density at radius 3 is 2.71 bits per heavy atom. The summed E-state index contributed by atoms with van der Waals surface area (Å²) in [6.45, 7) is 2.20. The Balaban J connectivity index is 1.98. The molecule has 106 valence electrons. The van der Waals surface area contributed by atoms with Crippen LogP contribution in [0.4, 0.5) is 0 Å². The van der Waals surface area contributed by atoms with E-state index in [0.717, 1.165) is 0 Å². The van der Waals surface area contributed by atoms with Gasteiger partial charge in [0.25, 0.3) is 5.84 Å². The lowest BCUT2D eigenvalue weighted by Gasteiger charge is -2.17. The largest absolute Gasteiger partial charge is 0.323 e. The summed E-state index contributed by atoms with van der Waals surface area (Å²) in [5.74, 6) is 1.31. The van der Waals surface area contributed by atoms with Crippen molar-refractivity contribution >= 4 is 11.4 Å². The summed E-state index contributed by atoms with van der Waals surface area (Å²) >= 11 is 0. The smallest absolute Gasteiger partial charge is 0.282 e. The summed E-state index contributed by atoms with van der Waals surface area (Å²) in [4.78, 5) is 2.40. The van der Waals surface area contributed by atoms with Crippen molar-refractivity contribution in [2.24, 2.45) is 0 Å². The lowest BCUT2D eigenvalue weighted by Crippen LogP contribution is -2.36. The number of nitrogens with zero attached hydrogens (tertiary/aromatic N) is 3. The van der Waals surface area contributed by atoms with Crippen molar-refractivity contribution in [2.45, 2.75) is 19.0 Å². The number of aryl methyl sites for hydroxylation is 1. The number of pyridine rings is 1. The van der Waals surface area contributed by atoms with Gasteiger partial charge in [-0.25, -0.2) is 0 Å². The van der Waals surface area contributed by atoms with Gasteiger partial charge in [0.15, 0.2) is 12.1 Å². The zero-order valence-electron chi connectivity index (χ0n) is 12.7. The number of amidine groups is 1. The van der Waals surface area contributed by atoms with E-state index in [2.05, 4.69) is 89.8 Å². The number of hydrogen-bond acceptors (Lipinski definition) is 1. The van der Waals surface area contributed by atoms with Crippen molar-refractivity contribution in [3.63, 3.8) is 0 Å². The molecule has 0 amide bonds. The van der Waals surface area contributed by atoms with Gasteiger partial charge < -0.3 is 4.40 Å². The topological polar surface area (TPSA) is 10.7 Å². The molecule has 2 aromatic rings. The normalized spacial score (nSPS) is 24.2. The third kappa shape index (κ3) is 1.63. The van der Waals surface area contributed by atoms with E-state index in [1.807, 2.05) is 0 Å². The average molecular weight is 278 g/mol. The molecule has 2 atom stereocenters. The summed E-state index contributed by atoms with van der Waals surface area (Å²) in [6, 6.07) is 7.35. The number of aromatic nitrogens is 1. The lowest BCUT2D eigenvalue weighted by molar-refractivity contribution is -0.517. The van der Waals surface area contributed by atoms with Crippen LogP contribution in [0.2, 0.25) is 0 Å². The molecule has 1 aliphatic heterocycles. The first-order valence-corrected chi connectivity index (χ1v) is 7.43. The number of allylic oxidation sites excluding steroid dienone is 2. The average Bonchev–Trinajstić information content (AvgIpc) is 3.06. The van der Waals surface area contributed by atoms with Gasteiger partial charge in [0.05, 0.1) is 25.2 Å². The van der Waals surface area contributed by atoms with Crippen LogP contribution < -0.4 is 0 Å². The van der Waals surface area contributed by atoms with Crippen LogP contribution in [-0.4, -0.2) is 45.9 Å². The molecule has 0 N–H and O–H groups in total. The predicted molar refractivity (Wildman–Crippen MR) is 86.0 cm³/mol. The minimum atomic E-state index is 0.421. The maximum Gasteiger partial charge on any atom is 0.282 e. The van der Waals surface area contributed by atoms with Gasteiger partial charge in [0, 0.05) is 12.4 Å². The van der Waals surface area contributed by atoms with E-state index in [1.165, 1.54) is 22.5 Å². The number of fused-ring (bicyclic) bond motifs is 2. The molecule has 0 spiro atoms. The monoisotopic (exact) mass is 278 g/mol. The minimum absolute atomic E-state index is 0.421. The lowest BCUT2D eigenvalue weighted by atomic mass is 10.0. The van der Waals surface area contributed by atoms with Gasteiger partial charge in [-0.15, -0.1) is 0 Å². The van der Waals surface area contributed by atoms with Crippen molar-refractivity contribution in [2.75, 3.05) is 14.1 Å². The fourth-order valence-electron chi connectivity index (χ4n) is 3.69. The SMILES string of the molecule is Cc1ccn2cccc2c1C1=[N+](C)C2C=CC=CC2N1C. The highest BCUT2D eigenvalue weighted by Gasteiger charge is 2.43. The molecule has 0 bridgehead atoms. The van der Waals surface area contributed by atoms with Crippen LogP contribution >= 0.6 is 0 Å². The summed E-state index contributed by atoms with van der Waals surface area (Å²) in [5.41, 5.74) is 3.93. The molecule has 0 radical (unpaired) electrons. The van der Waals surface area contributed by atoms with E-state index in [9.17, 15) is 0 Å². The fraction of sp³-hybridized carbons (Fsp3) is 0.278.